The molecule has 0 aliphatic rings. The van der Waals surface area contributed by atoms with Crippen molar-refractivity contribution in [1.29, 1.82) is 0 Å². The van der Waals surface area contributed by atoms with Gasteiger partial charge in [0.2, 0.25) is 0 Å². The zero-order valence-corrected chi connectivity index (χ0v) is 13.0. The van der Waals surface area contributed by atoms with Crippen molar-refractivity contribution in [3.8, 4) is 22.6 Å². The summed E-state index contributed by atoms with van der Waals surface area (Å²) < 4.78 is 32.6. The van der Waals surface area contributed by atoms with Crippen molar-refractivity contribution < 1.29 is 18.4 Å². The van der Waals surface area contributed by atoms with Gasteiger partial charge in [0.1, 0.15) is 5.69 Å². The summed E-state index contributed by atoms with van der Waals surface area (Å²) in [5.41, 5.74) is 0.496. The minimum atomic E-state index is -1.07. The predicted molar refractivity (Wildman–Crippen MR) is 83.2 cm³/mol. The third-order valence-electron chi connectivity index (χ3n) is 3.33. The van der Waals surface area contributed by atoms with Gasteiger partial charge in [-0.15, -0.1) is 0 Å². The maximum absolute atomic E-state index is 14.0. The average Bonchev–Trinajstić information content (AvgIpc) is 2.96. The monoisotopic (exact) mass is 355 g/mol. The molecule has 0 saturated heterocycles. The first-order valence-corrected chi connectivity index (χ1v) is 7.27. The summed E-state index contributed by atoms with van der Waals surface area (Å²) >= 11 is 12.0. The van der Waals surface area contributed by atoms with Gasteiger partial charge in [-0.25, -0.2) is 8.78 Å². The SMILES string of the molecule is OCc1c(-c2cccc(F)c2F)noc1-c1cc(Cl)ccc1Cl. The molecule has 0 spiro atoms. The lowest BCUT2D eigenvalue weighted by molar-refractivity contribution is 0.281. The van der Waals surface area contributed by atoms with Crippen LogP contribution in [0.25, 0.3) is 22.6 Å². The average molecular weight is 356 g/mol. The maximum Gasteiger partial charge on any atom is 0.174 e. The fraction of sp³-hybridized carbons (Fsp3) is 0.0625. The van der Waals surface area contributed by atoms with Crippen LogP contribution in [0, 0.1) is 11.6 Å². The van der Waals surface area contributed by atoms with E-state index in [1.165, 1.54) is 18.2 Å². The van der Waals surface area contributed by atoms with Crippen LogP contribution < -0.4 is 0 Å². The van der Waals surface area contributed by atoms with E-state index in [1.54, 1.807) is 12.1 Å². The Labute approximate surface area is 140 Å². The Bertz CT molecular complexity index is 861. The van der Waals surface area contributed by atoms with Crippen LogP contribution in [-0.4, -0.2) is 10.3 Å². The van der Waals surface area contributed by atoms with Crippen LogP contribution in [0.1, 0.15) is 5.56 Å². The molecule has 7 heteroatoms. The Morgan fingerprint density at radius 3 is 2.61 bits per heavy atom. The zero-order valence-electron chi connectivity index (χ0n) is 11.5. The summed E-state index contributed by atoms with van der Waals surface area (Å²) in [7, 11) is 0. The Morgan fingerprint density at radius 2 is 1.87 bits per heavy atom. The van der Waals surface area contributed by atoms with E-state index in [0.29, 0.717) is 15.6 Å². The smallest absolute Gasteiger partial charge is 0.174 e. The maximum atomic E-state index is 14.0. The molecule has 1 N–H and O–H groups in total. The second-order valence-electron chi connectivity index (χ2n) is 4.72. The van der Waals surface area contributed by atoms with Crippen LogP contribution in [0.4, 0.5) is 8.78 Å². The van der Waals surface area contributed by atoms with Crippen molar-refractivity contribution in [2.75, 3.05) is 0 Å². The third kappa shape index (κ3) is 2.83. The number of aromatic nitrogens is 1. The highest BCUT2D eigenvalue weighted by Crippen LogP contribution is 2.38. The lowest BCUT2D eigenvalue weighted by Crippen LogP contribution is -1.94. The van der Waals surface area contributed by atoms with Crippen LogP contribution >= 0.6 is 23.2 Å². The first-order valence-electron chi connectivity index (χ1n) is 6.52. The van der Waals surface area contributed by atoms with Gasteiger partial charge in [-0.05, 0) is 30.3 Å². The molecule has 118 valence electrons. The number of nitrogens with zero attached hydrogens (tertiary/aromatic N) is 1. The van der Waals surface area contributed by atoms with Crippen molar-refractivity contribution >= 4 is 23.2 Å². The van der Waals surface area contributed by atoms with Crippen LogP contribution in [0.15, 0.2) is 40.9 Å². The molecule has 0 unspecified atom stereocenters. The molecule has 3 rings (SSSR count). The largest absolute Gasteiger partial charge is 0.391 e. The molecule has 0 aliphatic heterocycles. The first-order chi connectivity index (χ1) is 11.0. The van der Waals surface area contributed by atoms with Gasteiger partial charge in [0.25, 0.3) is 0 Å². The minimum absolute atomic E-state index is 0.00976. The molecular formula is C16H9Cl2F2NO2. The molecule has 0 saturated carbocycles. The summed E-state index contributed by atoms with van der Waals surface area (Å²) in [6, 6.07) is 8.37. The van der Waals surface area contributed by atoms with Crippen molar-refractivity contribution in [2.24, 2.45) is 0 Å². The third-order valence-corrected chi connectivity index (χ3v) is 3.89. The Balaban J connectivity index is 2.21. The molecule has 1 heterocycles. The van der Waals surface area contributed by atoms with E-state index < -0.39 is 18.2 Å². The van der Waals surface area contributed by atoms with Crippen LogP contribution in [0.2, 0.25) is 10.0 Å². The topological polar surface area (TPSA) is 46.3 Å². The first kappa shape index (κ1) is 15.9. The van der Waals surface area contributed by atoms with E-state index in [9.17, 15) is 13.9 Å². The molecule has 0 bridgehead atoms. The van der Waals surface area contributed by atoms with E-state index >= 15 is 0 Å². The van der Waals surface area contributed by atoms with Gasteiger partial charge in [0.15, 0.2) is 17.4 Å². The van der Waals surface area contributed by atoms with Crippen molar-refractivity contribution in [3.05, 3.63) is 63.6 Å². The van der Waals surface area contributed by atoms with E-state index in [4.69, 9.17) is 27.7 Å². The highest BCUT2D eigenvalue weighted by Gasteiger charge is 2.23. The van der Waals surface area contributed by atoms with Crippen LogP contribution in [0.5, 0.6) is 0 Å². The standard InChI is InChI=1S/C16H9Cl2F2NO2/c17-8-4-5-12(18)10(6-8)16-11(7-22)15(21-23-16)9-2-1-3-13(19)14(9)20/h1-6,22H,7H2. The molecule has 0 fully saturated rings. The highest BCUT2D eigenvalue weighted by atomic mass is 35.5. The lowest BCUT2D eigenvalue weighted by Gasteiger charge is -2.05. The molecule has 0 aliphatic carbocycles. The fourth-order valence-electron chi connectivity index (χ4n) is 2.24. The normalized spacial score (nSPS) is 11.0. The summed E-state index contributed by atoms with van der Waals surface area (Å²) in [5, 5.41) is 14.1. The number of aliphatic hydroxyl groups is 1. The van der Waals surface area contributed by atoms with Gasteiger partial charge < -0.3 is 9.63 Å². The Morgan fingerprint density at radius 1 is 1.09 bits per heavy atom. The zero-order chi connectivity index (χ0) is 16.6. The van der Waals surface area contributed by atoms with Crippen molar-refractivity contribution in [1.82, 2.24) is 5.16 Å². The van der Waals surface area contributed by atoms with E-state index in [1.807, 2.05) is 0 Å². The van der Waals surface area contributed by atoms with Crippen molar-refractivity contribution in [3.63, 3.8) is 0 Å². The number of rotatable bonds is 3. The molecule has 23 heavy (non-hydrogen) atoms. The second kappa shape index (κ2) is 6.28. The number of hydrogen-bond donors (Lipinski definition) is 1. The quantitative estimate of drug-likeness (QED) is 0.711. The Kier molecular flexibility index (Phi) is 4.35. The molecule has 3 aromatic rings. The van der Waals surface area contributed by atoms with E-state index in [-0.39, 0.29) is 22.6 Å². The molecule has 0 atom stereocenters. The number of hydrogen-bond acceptors (Lipinski definition) is 3. The second-order valence-corrected chi connectivity index (χ2v) is 5.57. The van der Waals surface area contributed by atoms with Gasteiger partial charge in [0.05, 0.1) is 17.2 Å². The van der Waals surface area contributed by atoms with Gasteiger partial charge in [-0.3, -0.25) is 0 Å². The summed E-state index contributed by atoms with van der Waals surface area (Å²) in [6.45, 7) is -0.493. The summed E-state index contributed by atoms with van der Waals surface area (Å²) in [5.74, 6) is -1.94. The molecule has 0 amide bonds. The number of halogens is 4. The van der Waals surface area contributed by atoms with Crippen LogP contribution in [0.3, 0.4) is 0 Å². The minimum Gasteiger partial charge on any atom is -0.391 e. The van der Waals surface area contributed by atoms with Gasteiger partial charge in [-0.2, -0.15) is 0 Å². The summed E-state index contributed by atoms with van der Waals surface area (Å²) in [4.78, 5) is 0. The van der Waals surface area contributed by atoms with Gasteiger partial charge in [-0.1, -0.05) is 34.4 Å². The lowest BCUT2D eigenvalue weighted by atomic mass is 10.0. The van der Waals surface area contributed by atoms with E-state index in [0.717, 1.165) is 6.07 Å². The fourth-order valence-corrected chi connectivity index (χ4v) is 2.61. The molecule has 0 radical (unpaired) electrons. The van der Waals surface area contributed by atoms with Gasteiger partial charge in [0, 0.05) is 16.1 Å². The Hall–Kier alpha value is -1.95. The molecule has 2 aromatic carbocycles. The van der Waals surface area contributed by atoms with Crippen molar-refractivity contribution in [2.45, 2.75) is 6.61 Å². The highest BCUT2D eigenvalue weighted by molar-refractivity contribution is 6.35. The molecule has 3 nitrogen and oxygen atoms in total. The van der Waals surface area contributed by atoms with Crippen LogP contribution in [-0.2, 0) is 6.61 Å². The molecule has 1 aromatic heterocycles. The molecular weight excluding hydrogens is 347 g/mol. The predicted octanol–water partition coefficient (Wildman–Crippen LogP) is 5.09. The van der Waals surface area contributed by atoms with E-state index in [2.05, 4.69) is 5.16 Å². The summed E-state index contributed by atoms with van der Waals surface area (Å²) in [6.07, 6.45) is 0. The number of benzene rings is 2. The van der Waals surface area contributed by atoms with Gasteiger partial charge >= 0.3 is 0 Å². The number of aliphatic hydroxyl groups excluding tert-OH is 1.